The number of aliphatic hydroxyl groups excluding tert-OH is 1. The molecule has 1 aliphatic rings. The summed E-state index contributed by atoms with van der Waals surface area (Å²) in [6.07, 6.45) is 0.952. The van der Waals surface area contributed by atoms with Crippen LogP contribution in [0.3, 0.4) is 0 Å². The third-order valence-electron chi connectivity index (χ3n) is 5.63. The third kappa shape index (κ3) is 3.98. The molecule has 1 fully saturated rings. The van der Waals surface area contributed by atoms with Gasteiger partial charge in [-0.15, -0.1) is 0 Å². The molecule has 0 spiro atoms. The summed E-state index contributed by atoms with van der Waals surface area (Å²) in [6.45, 7) is 5.83. The van der Waals surface area contributed by atoms with Crippen molar-refractivity contribution in [1.82, 2.24) is 19.9 Å². The molecule has 156 valence electrons. The Kier molecular flexibility index (Phi) is 5.63. The number of fused-ring (bicyclic) bond motifs is 1. The number of aryl methyl sites for hydroxylation is 2. The van der Waals surface area contributed by atoms with Crippen molar-refractivity contribution >= 4 is 22.6 Å². The topological polar surface area (TPSA) is 82.5 Å². The molecule has 0 aliphatic carbocycles. The fourth-order valence-corrected chi connectivity index (χ4v) is 4.11. The van der Waals surface area contributed by atoms with Crippen LogP contribution in [0.25, 0.3) is 10.9 Å². The quantitative estimate of drug-likeness (QED) is 0.703. The van der Waals surface area contributed by atoms with Gasteiger partial charge in [0, 0.05) is 55.4 Å². The first-order chi connectivity index (χ1) is 14.5. The van der Waals surface area contributed by atoms with Crippen LogP contribution in [-0.2, 0) is 0 Å². The van der Waals surface area contributed by atoms with Crippen molar-refractivity contribution in [3.8, 4) is 0 Å². The van der Waals surface area contributed by atoms with Crippen LogP contribution in [-0.4, -0.2) is 64.2 Å². The Bertz CT molecular complexity index is 1060. The summed E-state index contributed by atoms with van der Waals surface area (Å²) in [6, 6.07) is 11.7. The van der Waals surface area contributed by atoms with Crippen molar-refractivity contribution in [2.24, 2.45) is 0 Å². The van der Waals surface area contributed by atoms with Crippen molar-refractivity contribution < 1.29 is 9.90 Å². The molecule has 7 heteroatoms. The first-order valence-corrected chi connectivity index (χ1v) is 10.3. The van der Waals surface area contributed by atoms with E-state index in [1.54, 1.807) is 11.9 Å². The number of amides is 1. The number of pyridine rings is 1. The Hall–Kier alpha value is -3.06. The number of carbonyl (C=O) groups excluding carboxylic acids is 1. The Morgan fingerprint density at radius 3 is 2.77 bits per heavy atom. The van der Waals surface area contributed by atoms with E-state index in [1.807, 2.05) is 50.2 Å². The fraction of sp³-hybridized carbons (Fsp3) is 0.391. The molecule has 1 aliphatic heterocycles. The highest BCUT2D eigenvalue weighted by Gasteiger charge is 2.28. The second-order valence-electron chi connectivity index (χ2n) is 7.91. The predicted octanol–water partition coefficient (Wildman–Crippen LogP) is 2.70. The van der Waals surface area contributed by atoms with Crippen molar-refractivity contribution in [3.63, 3.8) is 0 Å². The summed E-state index contributed by atoms with van der Waals surface area (Å²) in [5.41, 5.74) is 3.35. The predicted molar refractivity (Wildman–Crippen MR) is 117 cm³/mol. The molecule has 1 saturated heterocycles. The highest BCUT2D eigenvalue weighted by molar-refractivity contribution is 6.06. The standard InChI is InChI=1S/C23H27N5O2/c1-15-12-22(25-16(2)24-15)28-9-8-17(14-28)21-13-19(23(30)27(3)10-11-29)18-6-4-5-7-20(18)26-21/h4-7,12-13,17,29H,8-11,14H2,1-3H3/t17-/m0/s1. The lowest BCUT2D eigenvalue weighted by molar-refractivity contribution is 0.0768. The minimum Gasteiger partial charge on any atom is -0.395 e. The smallest absolute Gasteiger partial charge is 0.254 e. The summed E-state index contributed by atoms with van der Waals surface area (Å²) in [4.78, 5) is 30.7. The number of hydrogen-bond donors (Lipinski definition) is 1. The summed E-state index contributed by atoms with van der Waals surface area (Å²) < 4.78 is 0. The molecule has 1 amide bonds. The highest BCUT2D eigenvalue weighted by Crippen LogP contribution is 2.31. The molecule has 4 rings (SSSR count). The number of hydrogen-bond acceptors (Lipinski definition) is 6. The average Bonchev–Trinajstić information content (AvgIpc) is 3.22. The molecule has 3 aromatic rings. The molecule has 3 heterocycles. The molecule has 30 heavy (non-hydrogen) atoms. The molecule has 1 atom stereocenters. The Morgan fingerprint density at radius 2 is 2.00 bits per heavy atom. The maximum atomic E-state index is 13.0. The van der Waals surface area contributed by atoms with Crippen molar-refractivity contribution in [3.05, 3.63) is 59.2 Å². The number of benzene rings is 1. The molecule has 0 unspecified atom stereocenters. The van der Waals surface area contributed by atoms with Crippen LogP contribution < -0.4 is 4.90 Å². The van der Waals surface area contributed by atoms with Gasteiger partial charge in [-0.05, 0) is 32.4 Å². The van der Waals surface area contributed by atoms with Gasteiger partial charge in [-0.3, -0.25) is 9.78 Å². The number of para-hydroxylation sites is 1. The van der Waals surface area contributed by atoms with Crippen LogP contribution in [0.4, 0.5) is 5.82 Å². The van der Waals surface area contributed by atoms with E-state index in [0.29, 0.717) is 12.1 Å². The number of aromatic nitrogens is 3. The highest BCUT2D eigenvalue weighted by atomic mass is 16.3. The van der Waals surface area contributed by atoms with Crippen molar-refractivity contribution in [2.45, 2.75) is 26.2 Å². The fourth-order valence-electron chi connectivity index (χ4n) is 4.11. The normalized spacial score (nSPS) is 16.3. The van der Waals surface area contributed by atoms with Gasteiger partial charge in [0.05, 0.1) is 17.7 Å². The van der Waals surface area contributed by atoms with Gasteiger partial charge in [-0.25, -0.2) is 9.97 Å². The lowest BCUT2D eigenvalue weighted by atomic mass is 9.99. The molecular formula is C23H27N5O2. The zero-order valence-corrected chi connectivity index (χ0v) is 17.7. The van der Waals surface area contributed by atoms with Crippen LogP contribution in [0.15, 0.2) is 36.4 Å². The van der Waals surface area contributed by atoms with Gasteiger partial charge in [0.2, 0.25) is 0 Å². The zero-order valence-electron chi connectivity index (χ0n) is 17.7. The molecular weight excluding hydrogens is 378 g/mol. The molecule has 0 bridgehead atoms. The Balaban J connectivity index is 1.67. The van der Waals surface area contributed by atoms with Gasteiger partial charge in [0.25, 0.3) is 5.91 Å². The SMILES string of the molecule is Cc1cc(N2CC[C@H](c3cc(C(=O)N(C)CCO)c4ccccc4n3)C2)nc(C)n1. The van der Waals surface area contributed by atoms with E-state index in [-0.39, 0.29) is 18.4 Å². The zero-order chi connectivity index (χ0) is 21.3. The van der Waals surface area contributed by atoms with E-state index in [2.05, 4.69) is 14.9 Å². The number of likely N-dealkylation sites (N-methyl/N-ethyl adjacent to an activating group) is 1. The maximum Gasteiger partial charge on any atom is 0.254 e. The first kappa shape index (κ1) is 20.2. The second-order valence-corrected chi connectivity index (χ2v) is 7.91. The molecule has 1 aromatic carbocycles. The summed E-state index contributed by atoms with van der Waals surface area (Å²) in [7, 11) is 1.71. The van der Waals surface area contributed by atoms with E-state index in [1.165, 1.54) is 0 Å². The van der Waals surface area contributed by atoms with Gasteiger partial charge in [0.1, 0.15) is 11.6 Å². The van der Waals surface area contributed by atoms with Crippen LogP contribution in [0.1, 0.15) is 39.9 Å². The van der Waals surface area contributed by atoms with Gasteiger partial charge < -0.3 is 14.9 Å². The largest absolute Gasteiger partial charge is 0.395 e. The summed E-state index contributed by atoms with van der Waals surface area (Å²) >= 11 is 0. The van der Waals surface area contributed by atoms with Crippen LogP contribution in [0.2, 0.25) is 0 Å². The van der Waals surface area contributed by atoms with Crippen LogP contribution in [0.5, 0.6) is 0 Å². The molecule has 2 aromatic heterocycles. The number of rotatable bonds is 5. The molecule has 1 N–H and O–H groups in total. The number of anilines is 1. The minimum atomic E-state index is -0.0965. The second kappa shape index (κ2) is 8.36. The lowest BCUT2D eigenvalue weighted by Crippen LogP contribution is -2.30. The average molecular weight is 406 g/mol. The van der Waals surface area contributed by atoms with Crippen molar-refractivity contribution in [2.75, 3.05) is 38.2 Å². The Labute approximate surface area is 176 Å². The van der Waals surface area contributed by atoms with E-state index in [9.17, 15) is 9.90 Å². The van der Waals surface area contributed by atoms with Gasteiger partial charge >= 0.3 is 0 Å². The van der Waals surface area contributed by atoms with E-state index < -0.39 is 0 Å². The lowest BCUT2D eigenvalue weighted by Gasteiger charge is -2.20. The van der Waals surface area contributed by atoms with E-state index in [4.69, 9.17) is 4.98 Å². The maximum absolute atomic E-state index is 13.0. The van der Waals surface area contributed by atoms with E-state index >= 15 is 0 Å². The van der Waals surface area contributed by atoms with Crippen LogP contribution >= 0.6 is 0 Å². The van der Waals surface area contributed by atoms with Crippen molar-refractivity contribution in [1.29, 1.82) is 0 Å². The molecule has 0 saturated carbocycles. The number of nitrogens with zero attached hydrogens (tertiary/aromatic N) is 5. The summed E-state index contributed by atoms with van der Waals surface area (Å²) in [5, 5.41) is 10.1. The number of carbonyl (C=O) groups is 1. The molecule has 0 radical (unpaired) electrons. The van der Waals surface area contributed by atoms with E-state index in [0.717, 1.165) is 53.4 Å². The van der Waals surface area contributed by atoms with Gasteiger partial charge in [0.15, 0.2) is 0 Å². The molecule has 7 nitrogen and oxygen atoms in total. The number of aliphatic hydroxyl groups is 1. The summed E-state index contributed by atoms with van der Waals surface area (Å²) in [5.74, 6) is 1.85. The third-order valence-corrected chi connectivity index (χ3v) is 5.63. The van der Waals surface area contributed by atoms with Gasteiger partial charge in [-0.2, -0.15) is 0 Å². The monoisotopic (exact) mass is 405 g/mol. The Morgan fingerprint density at radius 1 is 1.20 bits per heavy atom. The van der Waals surface area contributed by atoms with Gasteiger partial charge in [-0.1, -0.05) is 18.2 Å². The minimum absolute atomic E-state index is 0.0620. The first-order valence-electron chi connectivity index (χ1n) is 10.3. The van der Waals surface area contributed by atoms with Crippen LogP contribution in [0, 0.1) is 13.8 Å².